The van der Waals surface area contributed by atoms with Crippen LogP contribution in [0, 0.1) is 0 Å². The molecule has 0 amide bonds. The van der Waals surface area contributed by atoms with E-state index >= 15 is 0 Å². The minimum atomic E-state index is -3.11. The second-order valence-electron chi connectivity index (χ2n) is 5.74. The van der Waals surface area contributed by atoms with Gasteiger partial charge < -0.3 is 10.6 Å². The number of rotatable bonds is 6. The van der Waals surface area contributed by atoms with Crippen molar-refractivity contribution in [3.63, 3.8) is 0 Å². The van der Waals surface area contributed by atoms with Crippen molar-refractivity contribution in [3.8, 4) is 0 Å². The molecular weight excluding hydrogens is 294 g/mol. The van der Waals surface area contributed by atoms with Crippen molar-refractivity contribution in [2.45, 2.75) is 43.6 Å². The molecule has 1 aliphatic rings. The van der Waals surface area contributed by atoms with Gasteiger partial charge in [-0.2, -0.15) is 11.8 Å². The zero-order valence-electron chi connectivity index (χ0n) is 12.9. The summed E-state index contributed by atoms with van der Waals surface area (Å²) >= 11 is 1.99. The molecule has 1 fully saturated rings. The molecule has 0 aromatic heterocycles. The van der Waals surface area contributed by atoms with Crippen LogP contribution in [0.4, 0.5) is 0 Å². The lowest BCUT2D eigenvalue weighted by Gasteiger charge is -2.21. The second kappa shape index (κ2) is 7.54. The molecule has 0 saturated carbocycles. The summed E-state index contributed by atoms with van der Waals surface area (Å²) in [6.45, 7) is 7.34. The Bertz CT molecular complexity index is 427. The maximum Gasteiger partial charge on any atom is 0.191 e. The zero-order valence-corrected chi connectivity index (χ0v) is 14.5. The van der Waals surface area contributed by atoms with Gasteiger partial charge in [-0.25, -0.2) is 8.42 Å². The molecule has 1 heterocycles. The maximum absolute atomic E-state index is 11.7. The van der Waals surface area contributed by atoms with E-state index in [1.165, 1.54) is 24.9 Å². The lowest BCUT2D eigenvalue weighted by atomic mass is 10.2. The Morgan fingerprint density at radius 3 is 2.60 bits per heavy atom. The Morgan fingerprint density at radius 1 is 1.40 bits per heavy atom. The van der Waals surface area contributed by atoms with Crippen LogP contribution in [0.5, 0.6) is 0 Å². The van der Waals surface area contributed by atoms with E-state index in [2.05, 4.69) is 15.6 Å². The predicted octanol–water partition coefficient (Wildman–Crippen LogP) is 1.26. The summed E-state index contributed by atoms with van der Waals surface area (Å²) in [6, 6.07) is 0. The number of guanidine groups is 1. The average molecular weight is 322 g/mol. The second-order valence-corrected chi connectivity index (χ2v) is 9.80. The molecule has 1 saturated heterocycles. The highest BCUT2D eigenvalue weighted by Gasteiger charge is 2.30. The monoisotopic (exact) mass is 321 g/mol. The molecule has 0 aromatic rings. The van der Waals surface area contributed by atoms with Gasteiger partial charge in [0.15, 0.2) is 15.8 Å². The molecule has 1 aliphatic heterocycles. The first kappa shape index (κ1) is 17.6. The minimum absolute atomic E-state index is 0.263. The van der Waals surface area contributed by atoms with Gasteiger partial charge in [0.25, 0.3) is 0 Å². The number of sulfone groups is 1. The zero-order chi connectivity index (χ0) is 15.2. The van der Waals surface area contributed by atoms with Gasteiger partial charge >= 0.3 is 0 Å². The molecule has 1 rings (SSSR count). The molecule has 2 N–H and O–H groups in total. The van der Waals surface area contributed by atoms with Gasteiger partial charge in [-0.3, -0.25) is 4.99 Å². The number of nitrogens with one attached hydrogen (secondary N) is 2. The summed E-state index contributed by atoms with van der Waals surface area (Å²) in [4.78, 5) is 4.42. The normalized spacial score (nSPS) is 21.0. The molecule has 0 aliphatic carbocycles. The van der Waals surface area contributed by atoms with Crippen LogP contribution < -0.4 is 10.6 Å². The topological polar surface area (TPSA) is 70.6 Å². The van der Waals surface area contributed by atoms with Crippen LogP contribution in [0.3, 0.4) is 0 Å². The number of nitrogens with zero attached hydrogens (tertiary/aromatic N) is 1. The van der Waals surface area contributed by atoms with E-state index in [0.717, 1.165) is 13.1 Å². The number of hydrogen-bond acceptors (Lipinski definition) is 4. The molecule has 118 valence electrons. The van der Waals surface area contributed by atoms with Gasteiger partial charge in [0.2, 0.25) is 0 Å². The minimum Gasteiger partial charge on any atom is -0.357 e. The van der Waals surface area contributed by atoms with Crippen LogP contribution in [0.2, 0.25) is 0 Å². The summed E-state index contributed by atoms with van der Waals surface area (Å²) in [5.41, 5.74) is 0. The van der Waals surface area contributed by atoms with Gasteiger partial charge in [0.1, 0.15) is 0 Å². The Hall–Kier alpha value is -0.430. The molecule has 7 heteroatoms. The molecule has 20 heavy (non-hydrogen) atoms. The number of aliphatic imine (C=N–C) groups is 1. The molecular formula is C13H27N3O2S2. The van der Waals surface area contributed by atoms with Crippen molar-refractivity contribution in [1.29, 1.82) is 0 Å². The summed E-state index contributed by atoms with van der Waals surface area (Å²) in [7, 11) is -3.11. The Morgan fingerprint density at radius 2 is 2.10 bits per heavy atom. The Balaban J connectivity index is 2.57. The highest BCUT2D eigenvalue weighted by Crippen LogP contribution is 2.25. The SMILES string of the molecule is CCNC(=NCC(C)(C)S(C)(=O)=O)NCC1CCCS1. The lowest BCUT2D eigenvalue weighted by Crippen LogP contribution is -2.42. The van der Waals surface area contributed by atoms with Crippen LogP contribution >= 0.6 is 11.8 Å². The largest absolute Gasteiger partial charge is 0.357 e. The van der Waals surface area contributed by atoms with E-state index in [1.54, 1.807) is 13.8 Å². The van der Waals surface area contributed by atoms with Crippen LogP contribution in [0.15, 0.2) is 4.99 Å². The highest BCUT2D eigenvalue weighted by molar-refractivity contribution is 8.00. The van der Waals surface area contributed by atoms with Crippen LogP contribution in [0.1, 0.15) is 33.6 Å². The average Bonchev–Trinajstić information content (AvgIpc) is 2.84. The third-order valence-corrected chi connectivity index (χ3v) is 7.02. The Kier molecular flexibility index (Phi) is 6.64. The van der Waals surface area contributed by atoms with Crippen molar-refractivity contribution in [1.82, 2.24) is 10.6 Å². The molecule has 1 atom stereocenters. The fourth-order valence-electron chi connectivity index (χ4n) is 1.74. The van der Waals surface area contributed by atoms with E-state index in [1.807, 2.05) is 18.7 Å². The van der Waals surface area contributed by atoms with Crippen LogP contribution in [-0.4, -0.2) is 56.0 Å². The van der Waals surface area contributed by atoms with E-state index in [0.29, 0.717) is 11.2 Å². The maximum atomic E-state index is 11.7. The first-order chi connectivity index (χ1) is 9.26. The molecule has 5 nitrogen and oxygen atoms in total. The summed E-state index contributed by atoms with van der Waals surface area (Å²) < 4.78 is 22.5. The fourth-order valence-corrected chi connectivity index (χ4v) is 3.24. The van der Waals surface area contributed by atoms with Gasteiger partial charge in [0.05, 0.1) is 11.3 Å². The van der Waals surface area contributed by atoms with Gasteiger partial charge in [-0.15, -0.1) is 0 Å². The standard InChI is InChI=1S/C13H27N3O2S2/c1-5-14-12(15-9-11-7-6-8-19-11)16-10-13(2,3)20(4,17)18/h11H,5-10H2,1-4H3,(H2,14,15,16). The van der Waals surface area contributed by atoms with Crippen molar-refractivity contribution < 1.29 is 8.42 Å². The third kappa shape index (κ3) is 5.52. The van der Waals surface area contributed by atoms with Crippen molar-refractivity contribution in [2.24, 2.45) is 4.99 Å². The third-order valence-electron chi connectivity index (χ3n) is 3.49. The van der Waals surface area contributed by atoms with E-state index in [4.69, 9.17) is 0 Å². The highest BCUT2D eigenvalue weighted by atomic mass is 32.2. The van der Waals surface area contributed by atoms with E-state index in [9.17, 15) is 8.42 Å². The van der Waals surface area contributed by atoms with Crippen molar-refractivity contribution >= 4 is 27.6 Å². The van der Waals surface area contributed by atoms with Gasteiger partial charge in [0, 0.05) is 24.6 Å². The molecule has 0 bridgehead atoms. The quantitative estimate of drug-likeness (QED) is 0.569. The lowest BCUT2D eigenvalue weighted by molar-refractivity contribution is 0.554. The van der Waals surface area contributed by atoms with Crippen molar-refractivity contribution in [3.05, 3.63) is 0 Å². The van der Waals surface area contributed by atoms with Gasteiger partial charge in [-0.05, 0) is 39.4 Å². The van der Waals surface area contributed by atoms with E-state index in [-0.39, 0.29) is 6.54 Å². The molecule has 0 radical (unpaired) electrons. The molecule has 0 spiro atoms. The molecule has 0 aromatic carbocycles. The number of thioether (sulfide) groups is 1. The fraction of sp³-hybridized carbons (Fsp3) is 0.923. The first-order valence-electron chi connectivity index (χ1n) is 7.09. The van der Waals surface area contributed by atoms with E-state index < -0.39 is 14.6 Å². The summed E-state index contributed by atoms with van der Waals surface area (Å²) in [5, 5.41) is 7.12. The van der Waals surface area contributed by atoms with Crippen LogP contribution in [-0.2, 0) is 9.84 Å². The first-order valence-corrected chi connectivity index (χ1v) is 10.0. The summed E-state index contributed by atoms with van der Waals surface area (Å²) in [5.74, 6) is 1.94. The van der Waals surface area contributed by atoms with Crippen molar-refractivity contribution in [2.75, 3.05) is 31.6 Å². The summed E-state index contributed by atoms with van der Waals surface area (Å²) in [6.07, 6.45) is 3.79. The van der Waals surface area contributed by atoms with Gasteiger partial charge in [-0.1, -0.05) is 0 Å². The smallest absolute Gasteiger partial charge is 0.191 e. The Labute approximate surface area is 127 Å². The predicted molar refractivity (Wildman–Crippen MR) is 88.4 cm³/mol. The molecule has 1 unspecified atom stereocenters. The van der Waals surface area contributed by atoms with Crippen LogP contribution in [0.25, 0.3) is 0 Å². The number of hydrogen-bond donors (Lipinski definition) is 2.